The second-order valence-electron chi connectivity index (χ2n) is 9.28. The fourth-order valence-electron chi connectivity index (χ4n) is 6.30. The van der Waals surface area contributed by atoms with Crippen molar-refractivity contribution in [1.29, 1.82) is 0 Å². The van der Waals surface area contributed by atoms with Gasteiger partial charge in [0.05, 0.1) is 0 Å². The number of ether oxygens (including phenoxy) is 1. The first kappa shape index (κ1) is 20.2. The quantitative estimate of drug-likeness (QED) is 0.553. The number of carbonyl (C=O) groups excluding carboxylic acids is 3. The number of allylic oxidation sites excluding steroid dienone is 6. The maximum absolute atomic E-state index is 12.8. The van der Waals surface area contributed by atoms with E-state index in [1.54, 1.807) is 12.2 Å². The molecule has 2 saturated carbocycles. The van der Waals surface area contributed by atoms with Gasteiger partial charge in [0.2, 0.25) is 5.78 Å². The van der Waals surface area contributed by atoms with E-state index < -0.39 is 36.0 Å². The van der Waals surface area contributed by atoms with Crippen LogP contribution in [0.25, 0.3) is 0 Å². The van der Waals surface area contributed by atoms with E-state index in [0.717, 1.165) is 24.8 Å². The molecule has 0 heterocycles. The molecule has 0 saturated heterocycles. The SMILES string of the molecule is C[C@]12C=CC(=O)C=C1CC[C@@H]1C2=CC[C@@]2(C)[C@H]1CC[C@]2(O)C(=O)COC(=O)CO. The van der Waals surface area contributed by atoms with E-state index in [4.69, 9.17) is 9.84 Å². The fraction of sp³-hybridized carbons (Fsp3) is 0.609. The van der Waals surface area contributed by atoms with Crippen LogP contribution in [0.1, 0.15) is 46.0 Å². The molecule has 0 amide bonds. The number of rotatable bonds is 4. The van der Waals surface area contributed by atoms with Crippen molar-refractivity contribution in [1.82, 2.24) is 0 Å². The minimum atomic E-state index is -1.55. The van der Waals surface area contributed by atoms with Crippen LogP contribution in [0, 0.1) is 22.7 Å². The molecule has 5 atom stereocenters. The van der Waals surface area contributed by atoms with Gasteiger partial charge in [-0.05, 0) is 63.0 Å². The Morgan fingerprint density at radius 2 is 2.03 bits per heavy atom. The number of Topliss-reactive ketones (excluding diaryl/α,β-unsaturated/α-hetero) is 1. The lowest BCUT2D eigenvalue weighted by Crippen LogP contribution is -2.55. The molecule has 0 aromatic carbocycles. The predicted molar refractivity (Wildman–Crippen MR) is 105 cm³/mol. The molecule has 2 fully saturated rings. The third-order valence-electron chi connectivity index (χ3n) is 8.05. The van der Waals surface area contributed by atoms with Crippen molar-refractivity contribution >= 4 is 17.5 Å². The monoisotopic (exact) mass is 400 g/mol. The van der Waals surface area contributed by atoms with Gasteiger partial charge in [0, 0.05) is 10.8 Å². The molecule has 4 rings (SSSR count). The topological polar surface area (TPSA) is 101 Å². The smallest absolute Gasteiger partial charge is 0.332 e. The average Bonchev–Trinajstić information content (AvgIpc) is 2.98. The standard InChI is InChI=1S/C23H28O6/c1-21-8-5-15(25)11-14(21)3-4-16-17(21)6-9-22(2)18(16)7-10-23(22,28)19(26)13-29-20(27)12-24/h5-6,8,11,16,18,24,28H,3-4,7,9-10,12-13H2,1-2H3/t16-,18+,21+,22+,23+/m1/s1. The summed E-state index contributed by atoms with van der Waals surface area (Å²) in [5.41, 5.74) is 0.000915. The van der Waals surface area contributed by atoms with Gasteiger partial charge in [-0.1, -0.05) is 30.2 Å². The van der Waals surface area contributed by atoms with Crippen LogP contribution in [-0.4, -0.2) is 46.6 Å². The van der Waals surface area contributed by atoms with Gasteiger partial charge in [-0.2, -0.15) is 0 Å². The molecular formula is C23H28O6. The van der Waals surface area contributed by atoms with Gasteiger partial charge in [0.15, 0.2) is 12.4 Å². The van der Waals surface area contributed by atoms with Crippen molar-refractivity contribution in [3.05, 3.63) is 35.5 Å². The summed E-state index contributed by atoms with van der Waals surface area (Å²) in [5, 5.41) is 20.2. The third-order valence-corrected chi connectivity index (χ3v) is 8.05. The first-order chi connectivity index (χ1) is 13.7. The van der Waals surface area contributed by atoms with Gasteiger partial charge in [-0.15, -0.1) is 0 Å². The first-order valence-electron chi connectivity index (χ1n) is 10.3. The highest BCUT2D eigenvalue weighted by Gasteiger charge is 2.64. The molecule has 4 aliphatic carbocycles. The van der Waals surface area contributed by atoms with Gasteiger partial charge >= 0.3 is 5.97 Å². The summed E-state index contributed by atoms with van der Waals surface area (Å²) in [5.74, 6) is -0.932. The minimum absolute atomic E-state index is 0.0374. The minimum Gasteiger partial charge on any atom is -0.456 e. The Kier molecular flexibility index (Phi) is 4.70. The second-order valence-corrected chi connectivity index (χ2v) is 9.28. The lowest BCUT2D eigenvalue weighted by atomic mass is 9.51. The van der Waals surface area contributed by atoms with E-state index in [1.165, 1.54) is 5.57 Å². The van der Waals surface area contributed by atoms with Crippen LogP contribution in [0.15, 0.2) is 35.5 Å². The van der Waals surface area contributed by atoms with Gasteiger partial charge in [0.1, 0.15) is 12.2 Å². The highest BCUT2D eigenvalue weighted by atomic mass is 16.5. The Hall–Kier alpha value is -2.05. The summed E-state index contributed by atoms with van der Waals surface area (Å²) >= 11 is 0. The van der Waals surface area contributed by atoms with Crippen molar-refractivity contribution in [2.24, 2.45) is 22.7 Å². The lowest BCUT2D eigenvalue weighted by Gasteiger charge is -2.53. The number of esters is 1. The molecule has 0 aromatic heterocycles. The molecule has 4 aliphatic rings. The lowest BCUT2D eigenvalue weighted by molar-refractivity contribution is -0.164. The molecule has 156 valence electrons. The van der Waals surface area contributed by atoms with Crippen LogP contribution in [0.2, 0.25) is 0 Å². The van der Waals surface area contributed by atoms with E-state index in [9.17, 15) is 19.5 Å². The van der Waals surface area contributed by atoms with Crippen LogP contribution in [0.5, 0.6) is 0 Å². The van der Waals surface area contributed by atoms with Crippen LogP contribution in [0.3, 0.4) is 0 Å². The zero-order valence-corrected chi connectivity index (χ0v) is 16.9. The number of fused-ring (bicyclic) bond motifs is 5. The Bertz CT molecular complexity index is 867. The van der Waals surface area contributed by atoms with Crippen LogP contribution >= 0.6 is 0 Å². The maximum atomic E-state index is 12.8. The van der Waals surface area contributed by atoms with E-state index in [0.29, 0.717) is 12.8 Å². The summed E-state index contributed by atoms with van der Waals surface area (Å²) in [4.78, 5) is 35.9. The molecule has 0 unspecified atom stereocenters. The van der Waals surface area contributed by atoms with Crippen LogP contribution < -0.4 is 0 Å². The zero-order valence-electron chi connectivity index (χ0n) is 16.9. The molecule has 6 heteroatoms. The molecule has 0 radical (unpaired) electrons. The summed E-state index contributed by atoms with van der Waals surface area (Å²) < 4.78 is 4.80. The number of aliphatic hydroxyl groups is 2. The van der Waals surface area contributed by atoms with Gasteiger partial charge in [-0.25, -0.2) is 4.79 Å². The molecule has 0 spiro atoms. The van der Waals surface area contributed by atoms with E-state index >= 15 is 0 Å². The predicted octanol–water partition coefficient (Wildman–Crippen LogP) is 2.05. The first-order valence-corrected chi connectivity index (χ1v) is 10.3. The zero-order chi connectivity index (χ0) is 21.0. The van der Waals surface area contributed by atoms with Gasteiger partial charge in [0.25, 0.3) is 0 Å². The number of carbonyl (C=O) groups is 3. The molecule has 0 aliphatic heterocycles. The molecule has 0 aromatic rings. The van der Waals surface area contributed by atoms with Crippen molar-refractivity contribution in [2.45, 2.75) is 51.6 Å². The molecule has 6 nitrogen and oxygen atoms in total. The molecule has 29 heavy (non-hydrogen) atoms. The third kappa shape index (κ3) is 2.80. The Labute approximate surface area is 170 Å². The maximum Gasteiger partial charge on any atom is 0.332 e. The average molecular weight is 400 g/mol. The largest absolute Gasteiger partial charge is 0.456 e. The Morgan fingerprint density at radius 3 is 2.76 bits per heavy atom. The van der Waals surface area contributed by atoms with Crippen molar-refractivity contribution in [3.63, 3.8) is 0 Å². The number of ketones is 2. The van der Waals surface area contributed by atoms with Crippen LogP contribution in [-0.2, 0) is 19.1 Å². The number of hydrogen-bond donors (Lipinski definition) is 2. The normalized spacial score (nSPS) is 40.3. The summed E-state index contributed by atoms with van der Waals surface area (Å²) in [6.45, 7) is 2.82. The Balaban J connectivity index is 1.64. The second kappa shape index (κ2) is 6.74. The highest BCUT2D eigenvalue weighted by molar-refractivity contribution is 6.01. The fourth-order valence-corrected chi connectivity index (χ4v) is 6.30. The van der Waals surface area contributed by atoms with Gasteiger partial charge < -0.3 is 14.9 Å². The number of aliphatic hydroxyl groups excluding tert-OH is 1. The summed E-state index contributed by atoms with van der Waals surface area (Å²) in [6.07, 6.45) is 10.9. The number of hydrogen-bond acceptors (Lipinski definition) is 6. The molecule has 0 bridgehead atoms. The summed E-state index contributed by atoms with van der Waals surface area (Å²) in [7, 11) is 0. The van der Waals surface area contributed by atoms with Crippen molar-refractivity contribution < 1.29 is 29.3 Å². The molecule has 2 N–H and O–H groups in total. The van der Waals surface area contributed by atoms with Crippen molar-refractivity contribution in [2.75, 3.05) is 13.2 Å². The van der Waals surface area contributed by atoms with E-state index in [-0.39, 0.29) is 23.0 Å². The van der Waals surface area contributed by atoms with E-state index in [2.05, 4.69) is 13.0 Å². The van der Waals surface area contributed by atoms with Gasteiger partial charge in [-0.3, -0.25) is 9.59 Å². The molecular weight excluding hydrogens is 372 g/mol. The Morgan fingerprint density at radius 1 is 1.28 bits per heavy atom. The summed E-state index contributed by atoms with van der Waals surface area (Å²) in [6, 6.07) is 0. The van der Waals surface area contributed by atoms with E-state index in [1.807, 2.05) is 13.0 Å². The highest BCUT2D eigenvalue weighted by Crippen LogP contribution is 2.65. The van der Waals surface area contributed by atoms with Crippen LogP contribution in [0.4, 0.5) is 0 Å². The van der Waals surface area contributed by atoms with Crippen molar-refractivity contribution in [3.8, 4) is 0 Å².